The van der Waals surface area contributed by atoms with Gasteiger partial charge in [0.2, 0.25) is 5.96 Å². The van der Waals surface area contributed by atoms with E-state index in [1.54, 1.807) is 0 Å². The molecule has 0 unspecified atom stereocenters. The molecule has 0 atom stereocenters. The number of aliphatic imine (C=N–C) groups is 2. The van der Waals surface area contributed by atoms with Crippen LogP contribution in [0.3, 0.4) is 0 Å². The van der Waals surface area contributed by atoms with Crippen LogP contribution < -0.4 is 11.5 Å². The van der Waals surface area contributed by atoms with Crippen molar-refractivity contribution in [1.82, 2.24) is 4.90 Å². The highest BCUT2D eigenvalue weighted by Crippen LogP contribution is 2.20. The topological polar surface area (TPSA) is 80.0 Å². The van der Waals surface area contributed by atoms with Crippen molar-refractivity contribution in [1.29, 1.82) is 0 Å². The summed E-state index contributed by atoms with van der Waals surface area (Å²) < 4.78 is 0. The van der Waals surface area contributed by atoms with Crippen LogP contribution in [0.2, 0.25) is 0 Å². The number of nitrogens with zero attached hydrogens (tertiary/aromatic N) is 3. The second-order valence-electron chi connectivity index (χ2n) is 5.73. The summed E-state index contributed by atoms with van der Waals surface area (Å²) in [6.07, 6.45) is 11.0. The highest BCUT2D eigenvalue weighted by molar-refractivity contribution is 5.93. The first-order valence-electron chi connectivity index (χ1n) is 8.02. The SMILES string of the molecule is CCCCCCN(C)C(N)=NC(N)=NC1CCCCC1. The van der Waals surface area contributed by atoms with Crippen molar-refractivity contribution in [2.45, 2.75) is 70.8 Å². The first-order chi connectivity index (χ1) is 9.63. The van der Waals surface area contributed by atoms with Crippen LogP contribution >= 0.6 is 0 Å². The Labute approximate surface area is 123 Å². The number of rotatable bonds is 6. The van der Waals surface area contributed by atoms with Crippen molar-refractivity contribution in [3.05, 3.63) is 0 Å². The number of hydrogen-bond acceptors (Lipinski definition) is 1. The Hall–Kier alpha value is -1.26. The summed E-state index contributed by atoms with van der Waals surface area (Å²) >= 11 is 0. The molecule has 4 N–H and O–H groups in total. The van der Waals surface area contributed by atoms with Gasteiger partial charge >= 0.3 is 0 Å². The lowest BCUT2D eigenvalue weighted by Gasteiger charge is -2.19. The second kappa shape index (κ2) is 9.61. The van der Waals surface area contributed by atoms with E-state index in [4.69, 9.17) is 11.5 Å². The summed E-state index contributed by atoms with van der Waals surface area (Å²) in [7, 11) is 1.96. The van der Waals surface area contributed by atoms with Gasteiger partial charge in [0.05, 0.1) is 6.04 Å². The van der Waals surface area contributed by atoms with Gasteiger partial charge in [-0.1, -0.05) is 45.4 Å². The third kappa shape index (κ3) is 6.78. The third-order valence-corrected chi connectivity index (χ3v) is 3.86. The molecule has 0 radical (unpaired) electrons. The Bertz CT molecular complexity index is 318. The zero-order valence-electron chi connectivity index (χ0n) is 13.1. The Kier molecular flexibility index (Phi) is 8.07. The van der Waals surface area contributed by atoms with E-state index in [9.17, 15) is 0 Å². The van der Waals surface area contributed by atoms with Crippen LogP contribution in [0.5, 0.6) is 0 Å². The normalized spacial score (nSPS) is 18.3. The van der Waals surface area contributed by atoms with Crippen LogP contribution in [0.1, 0.15) is 64.7 Å². The fraction of sp³-hybridized carbons (Fsp3) is 0.867. The molecular weight excluding hydrogens is 250 g/mol. The van der Waals surface area contributed by atoms with E-state index >= 15 is 0 Å². The molecule has 5 heteroatoms. The first-order valence-corrected chi connectivity index (χ1v) is 8.02. The molecule has 0 bridgehead atoms. The summed E-state index contributed by atoms with van der Waals surface area (Å²) in [5.41, 5.74) is 11.8. The zero-order chi connectivity index (χ0) is 14.8. The maximum absolute atomic E-state index is 5.95. The Morgan fingerprint density at radius 3 is 2.45 bits per heavy atom. The third-order valence-electron chi connectivity index (χ3n) is 3.86. The lowest BCUT2D eigenvalue weighted by molar-refractivity contribution is 0.442. The lowest BCUT2D eigenvalue weighted by atomic mass is 9.96. The molecule has 1 aliphatic carbocycles. The molecule has 1 saturated carbocycles. The number of hydrogen-bond donors (Lipinski definition) is 2. The Balaban J connectivity index is 2.38. The van der Waals surface area contributed by atoms with E-state index in [1.165, 1.54) is 38.5 Å². The van der Waals surface area contributed by atoms with E-state index in [2.05, 4.69) is 16.9 Å². The van der Waals surface area contributed by atoms with E-state index < -0.39 is 0 Å². The second-order valence-corrected chi connectivity index (χ2v) is 5.73. The molecule has 5 nitrogen and oxygen atoms in total. The average molecular weight is 281 g/mol. The summed E-state index contributed by atoms with van der Waals surface area (Å²) in [6.45, 7) is 3.13. The van der Waals surface area contributed by atoms with Gasteiger partial charge in [0, 0.05) is 13.6 Å². The summed E-state index contributed by atoms with van der Waals surface area (Å²) in [5.74, 6) is 0.799. The van der Waals surface area contributed by atoms with Crippen molar-refractivity contribution >= 4 is 11.9 Å². The standard InChI is InChI=1S/C15H31N5/c1-3-4-5-9-12-20(2)15(17)19-14(16)18-13-10-7-6-8-11-13/h13H,3-12H2,1-2H3,(H4,16,17,18,19). The lowest BCUT2D eigenvalue weighted by Crippen LogP contribution is -2.36. The maximum atomic E-state index is 5.95. The molecule has 1 rings (SSSR count). The Morgan fingerprint density at radius 1 is 1.10 bits per heavy atom. The molecule has 0 heterocycles. The molecule has 116 valence electrons. The van der Waals surface area contributed by atoms with Gasteiger partial charge in [-0.15, -0.1) is 0 Å². The van der Waals surface area contributed by atoms with Gasteiger partial charge in [-0.2, -0.15) is 4.99 Å². The number of unbranched alkanes of at least 4 members (excludes halogenated alkanes) is 3. The van der Waals surface area contributed by atoms with Crippen LogP contribution in [0.25, 0.3) is 0 Å². The summed E-state index contributed by atoms with van der Waals surface area (Å²) in [4.78, 5) is 10.6. The van der Waals surface area contributed by atoms with Crippen molar-refractivity contribution in [2.75, 3.05) is 13.6 Å². The largest absolute Gasteiger partial charge is 0.369 e. The van der Waals surface area contributed by atoms with Crippen LogP contribution in [0.15, 0.2) is 9.98 Å². The molecule has 0 aromatic carbocycles. The van der Waals surface area contributed by atoms with E-state index in [-0.39, 0.29) is 0 Å². The van der Waals surface area contributed by atoms with E-state index in [1.807, 2.05) is 11.9 Å². The molecule has 1 aliphatic rings. The molecule has 0 aliphatic heterocycles. The summed E-state index contributed by atoms with van der Waals surface area (Å²) in [5, 5.41) is 0. The van der Waals surface area contributed by atoms with Crippen molar-refractivity contribution in [3.63, 3.8) is 0 Å². The highest BCUT2D eigenvalue weighted by Gasteiger charge is 2.12. The van der Waals surface area contributed by atoms with Gasteiger partial charge in [-0.3, -0.25) is 0 Å². The van der Waals surface area contributed by atoms with Crippen molar-refractivity contribution in [2.24, 2.45) is 21.5 Å². The first kappa shape index (κ1) is 16.8. The predicted molar refractivity (Wildman–Crippen MR) is 86.9 cm³/mol. The predicted octanol–water partition coefficient (Wildman–Crippen LogP) is 2.46. The van der Waals surface area contributed by atoms with Crippen LogP contribution in [0.4, 0.5) is 0 Å². The van der Waals surface area contributed by atoms with Gasteiger partial charge in [-0.25, -0.2) is 4.99 Å². The highest BCUT2D eigenvalue weighted by atomic mass is 15.3. The number of nitrogens with two attached hydrogens (primary N) is 2. The zero-order valence-corrected chi connectivity index (χ0v) is 13.1. The van der Waals surface area contributed by atoms with E-state index in [0.717, 1.165) is 25.8 Å². The fourth-order valence-corrected chi connectivity index (χ4v) is 2.52. The molecule has 20 heavy (non-hydrogen) atoms. The van der Waals surface area contributed by atoms with Crippen LogP contribution in [-0.4, -0.2) is 36.5 Å². The van der Waals surface area contributed by atoms with Gasteiger partial charge in [-0.05, 0) is 19.3 Å². The number of guanidine groups is 2. The van der Waals surface area contributed by atoms with Crippen molar-refractivity contribution < 1.29 is 0 Å². The molecule has 0 spiro atoms. The van der Waals surface area contributed by atoms with Crippen LogP contribution in [0, 0.1) is 0 Å². The molecule has 0 amide bonds. The summed E-state index contributed by atoms with van der Waals surface area (Å²) in [6, 6.07) is 0.343. The van der Waals surface area contributed by atoms with Gasteiger partial charge < -0.3 is 16.4 Å². The van der Waals surface area contributed by atoms with Crippen molar-refractivity contribution in [3.8, 4) is 0 Å². The molecule has 1 fully saturated rings. The van der Waals surface area contributed by atoms with Gasteiger partial charge in [0.25, 0.3) is 0 Å². The molecular formula is C15H31N5. The minimum atomic E-state index is 0.329. The molecule has 0 saturated heterocycles. The van der Waals surface area contributed by atoms with Crippen LogP contribution in [-0.2, 0) is 0 Å². The monoisotopic (exact) mass is 281 g/mol. The quantitative estimate of drug-likeness (QED) is 0.446. The molecule has 0 aromatic rings. The van der Waals surface area contributed by atoms with E-state index in [0.29, 0.717) is 18.0 Å². The minimum absolute atomic E-state index is 0.329. The Morgan fingerprint density at radius 2 is 1.80 bits per heavy atom. The smallest absolute Gasteiger partial charge is 0.218 e. The van der Waals surface area contributed by atoms with Gasteiger partial charge in [0.1, 0.15) is 0 Å². The fourth-order valence-electron chi connectivity index (χ4n) is 2.52. The average Bonchev–Trinajstić information content (AvgIpc) is 2.44. The minimum Gasteiger partial charge on any atom is -0.369 e. The maximum Gasteiger partial charge on any atom is 0.218 e. The molecule has 0 aromatic heterocycles. The van der Waals surface area contributed by atoms with Gasteiger partial charge in [0.15, 0.2) is 5.96 Å².